The summed E-state index contributed by atoms with van der Waals surface area (Å²) in [4.78, 5) is 14.2. The standard InChI is InChI=1S/C11H12N2O2S/c1-15-10(14)6-7-13-9-5-3-2-4-8(9)12-11(13)16/h2-5H,6-7H2,1H3,(H,12,16). The number of fused-ring (bicyclic) bond motifs is 1. The third kappa shape index (κ3) is 1.99. The van der Waals surface area contributed by atoms with Crippen LogP contribution in [0.3, 0.4) is 0 Å². The fraction of sp³-hybridized carbons (Fsp3) is 0.273. The van der Waals surface area contributed by atoms with Crippen LogP contribution in [0, 0.1) is 4.77 Å². The number of carbonyl (C=O) groups is 1. The number of rotatable bonds is 3. The van der Waals surface area contributed by atoms with Crippen LogP contribution in [-0.4, -0.2) is 22.6 Å². The summed E-state index contributed by atoms with van der Waals surface area (Å²) >= 11 is 5.20. The molecular weight excluding hydrogens is 224 g/mol. The number of hydrogen-bond acceptors (Lipinski definition) is 3. The average Bonchev–Trinajstić information content (AvgIpc) is 2.62. The molecule has 0 amide bonds. The Morgan fingerprint density at radius 1 is 1.50 bits per heavy atom. The number of benzene rings is 1. The van der Waals surface area contributed by atoms with Crippen molar-refractivity contribution < 1.29 is 9.53 Å². The molecule has 0 saturated carbocycles. The molecular formula is C11H12N2O2S. The number of H-pyrrole nitrogens is 1. The van der Waals surface area contributed by atoms with Gasteiger partial charge in [-0.1, -0.05) is 12.1 Å². The first kappa shape index (κ1) is 10.9. The molecule has 2 rings (SSSR count). The number of ether oxygens (including phenoxy) is 1. The summed E-state index contributed by atoms with van der Waals surface area (Å²) in [5, 5.41) is 0. The van der Waals surface area contributed by atoms with Crippen molar-refractivity contribution in [2.24, 2.45) is 0 Å². The minimum absolute atomic E-state index is 0.229. The molecule has 2 aromatic rings. The maximum Gasteiger partial charge on any atom is 0.307 e. The van der Waals surface area contributed by atoms with E-state index in [2.05, 4.69) is 9.72 Å². The van der Waals surface area contributed by atoms with Crippen LogP contribution in [-0.2, 0) is 16.1 Å². The summed E-state index contributed by atoms with van der Waals surface area (Å²) in [5.74, 6) is -0.229. The Balaban J connectivity index is 2.33. The lowest BCUT2D eigenvalue weighted by Gasteiger charge is -2.02. The molecule has 0 saturated heterocycles. The van der Waals surface area contributed by atoms with Gasteiger partial charge in [0.1, 0.15) is 0 Å². The molecule has 84 valence electrons. The Bertz CT molecular complexity index is 571. The van der Waals surface area contributed by atoms with Crippen molar-refractivity contribution in [3.63, 3.8) is 0 Å². The molecule has 0 radical (unpaired) electrons. The van der Waals surface area contributed by atoms with Gasteiger partial charge in [0, 0.05) is 6.54 Å². The Morgan fingerprint density at radius 2 is 2.25 bits per heavy atom. The third-order valence-corrected chi connectivity index (χ3v) is 2.77. The van der Waals surface area contributed by atoms with E-state index in [0.29, 0.717) is 17.7 Å². The van der Waals surface area contributed by atoms with Gasteiger partial charge >= 0.3 is 5.97 Å². The summed E-state index contributed by atoms with van der Waals surface area (Å²) < 4.78 is 7.14. The fourth-order valence-corrected chi connectivity index (χ4v) is 1.93. The monoisotopic (exact) mass is 236 g/mol. The fourth-order valence-electron chi connectivity index (χ4n) is 1.63. The number of para-hydroxylation sites is 2. The van der Waals surface area contributed by atoms with Gasteiger partial charge in [0.25, 0.3) is 0 Å². The second kappa shape index (κ2) is 4.49. The summed E-state index contributed by atoms with van der Waals surface area (Å²) in [6.45, 7) is 0.537. The van der Waals surface area contributed by atoms with Crippen molar-refractivity contribution in [3.8, 4) is 0 Å². The number of aromatic amines is 1. The van der Waals surface area contributed by atoms with Gasteiger partial charge in [0.2, 0.25) is 0 Å². The number of esters is 1. The molecule has 16 heavy (non-hydrogen) atoms. The van der Waals surface area contributed by atoms with E-state index >= 15 is 0 Å². The van der Waals surface area contributed by atoms with Gasteiger partial charge in [-0.25, -0.2) is 0 Å². The van der Waals surface area contributed by atoms with Crippen molar-refractivity contribution in [1.29, 1.82) is 0 Å². The van der Waals surface area contributed by atoms with E-state index in [-0.39, 0.29) is 5.97 Å². The second-order valence-corrected chi connectivity index (χ2v) is 3.81. The Labute approximate surface area is 97.8 Å². The smallest absolute Gasteiger partial charge is 0.307 e. The number of carbonyl (C=O) groups excluding carboxylic acids is 1. The zero-order valence-corrected chi connectivity index (χ0v) is 9.71. The maximum atomic E-state index is 11.1. The lowest BCUT2D eigenvalue weighted by atomic mass is 10.3. The van der Waals surface area contributed by atoms with Gasteiger partial charge < -0.3 is 14.3 Å². The first-order valence-corrected chi connectivity index (χ1v) is 5.37. The molecule has 1 N–H and O–H groups in total. The topological polar surface area (TPSA) is 47.0 Å². The van der Waals surface area contributed by atoms with Gasteiger partial charge in [-0.15, -0.1) is 0 Å². The third-order valence-electron chi connectivity index (χ3n) is 2.45. The highest BCUT2D eigenvalue weighted by Gasteiger charge is 2.06. The predicted octanol–water partition coefficient (Wildman–Crippen LogP) is 2.26. The molecule has 0 aliphatic rings. The molecule has 0 spiro atoms. The first-order chi connectivity index (χ1) is 7.72. The number of nitrogens with zero attached hydrogens (tertiary/aromatic N) is 1. The zero-order valence-electron chi connectivity index (χ0n) is 8.90. The van der Waals surface area contributed by atoms with Crippen LogP contribution in [0.5, 0.6) is 0 Å². The SMILES string of the molecule is COC(=O)CCn1c(=S)[nH]c2ccccc21. The van der Waals surface area contributed by atoms with Crippen molar-refractivity contribution >= 4 is 29.2 Å². The Hall–Kier alpha value is -1.62. The van der Waals surface area contributed by atoms with Crippen LogP contribution in [0.25, 0.3) is 11.0 Å². The normalized spacial score (nSPS) is 10.6. The highest BCUT2D eigenvalue weighted by Crippen LogP contribution is 2.13. The van der Waals surface area contributed by atoms with Crippen LogP contribution in [0.15, 0.2) is 24.3 Å². The second-order valence-electron chi connectivity index (χ2n) is 3.43. The van der Waals surface area contributed by atoms with Gasteiger partial charge in [-0.2, -0.15) is 0 Å². The number of methoxy groups -OCH3 is 1. The van der Waals surface area contributed by atoms with Crippen LogP contribution in [0.1, 0.15) is 6.42 Å². The van der Waals surface area contributed by atoms with E-state index in [1.165, 1.54) is 7.11 Å². The zero-order chi connectivity index (χ0) is 11.5. The molecule has 5 heteroatoms. The minimum Gasteiger partial charge on any atom is -0.469 e. The number of imidazole rings is 1. The highest BCUT2D eigenvalue weighted by atomic mass is 32.1. The Morgan fingerprint density at radius 3 is 3.00 bits per heavy atom. The van der Waals surface area contributed by atoms with Crippen LogP contribution < -0.4 is 0 Å². The minimum atomic E-state index is -0.229. The molecule has 0 bridgehead atoms. The summed E-state index contributed by atoms with van der Waals surface area (Å²) in [7, 11) is 1.39. The largest absolute Gasteiger partial charge is 0.469 e. The van der Waals surface area contributed by atoms with E-state index in [9.17, 15) is 4.79 Å². The average molecular weight is 236 g/mol. The molecule has 0 unspecified atom stereocenters. The van der Waals surface area contributed by atoms with E-state index in [4.69, 9.17) is 12.2 Å². The maximum absolute atomic E-state index is 11.1. The van der Waals surface area contributed by atoms with Crippen LogP contribution in [0.4, 0.5) is 0 Å². The van der Waals surface area contributed by atoms with Gasteiger partial charge in [-0.05, 0) is 24.4 Å². The van der Waals surface area contributed by atoms with Crippen molar-refractivity contribution in [1.82, 2.24) is 9.55 Å². The van der Waals surface area contributed by atoms with E-state index in [0.717, 1.165) is 11.0 Å². The molecule has 1 aromatic heterocycles. The first-order valence-electron chi connectivity index (χ1n) is 4.96. The van der Waals surface area contributed by atoms with Gasteiger partial charge in [-0.3, -0.25) is 4.79 Å². The molecule has 0 aliphatic heterocycles. The van der Waals surface area contributed by atoms with E-state index < -0.39 is 0 Å². The predicted molar refractivity (Wildman–Crippen MR) is 63.8 cm³/mol. The van der Waals surface area contributed by atoms with Crippen LogP contribution >= 0.6 is 12.2 Å². The van der Waals surface area contributed by atoms with Crippen molar-refractivity contribution in [2.45, 2.75) is 13.0 Å². The quantitative estimate of drug-likeness (QED) is 0.657. The molecule has 1 heterocycles. The van der Waals surface area contributed by atoms with E-state index in [1.54, 1.807) is 0 Å². The van der Waals surface area contributed by atoms with Gasteiger partial charge in [0.05, 0.1) is 24.6 Å². The number of hydrogen-bond donors (Lipinski definition) is 1. The van der Waals surface area contributed by atoms with Gasteiger partial charge in [0.15, 0.2) is 4.77 Å². The van der Waals surface area contributed by atoms with E-state index in [1.807, 2.05) is 28.8 Å². The molecule has 0 atom stereocenters. The lowest BCUT2D eigenvalue weighted by molar-refractivity contribution is -0.140. The highest BCUT2D eigenvalue weighted by molar-refractivity contribution is 7.71. The van der Waals surface area contributed by atoms with Crippen LogP contribution in [0.2, 0.25) is 0 Å². The van der Waals surface area contributed by atoms with Crippen molar-refractivity contribution in [2.75, 3.05) is 7.11 Å². The summed E-state index contributed by atoms with van der Waals surface area (Å²) in [5.41, 5.74) is 1.99. The summed E-state index contributed by atoms with van der Waals surface area (Å²) in [6.07, 6.45) is 0.326. The molecule has 1 aromatic carbocycles. The molecule has 4 nitrogen and oxygen atoms in total. The Kier molecular flexibility index (Phi) is 3.05. The van der Waals surface area contributed by atoms with Crippen molar-refractivity contribution in [3.05, 3.63) is 29.0 Å². The number of nitrogens with one attached hydrogen (secondary N) is 1. The number of aryl methyl sites for hydroxylation is 1. The molecule has 0 aliphatic carbocycles. The lowest BCUT2D eigenvalue weighted by Crippen LogP contribution is -2.06. The molecule has 0 fully saturated rings. The number of aromatic nitrogens is 2. The summed E-state index contributed by atoms with van der Waals surface area (Å²) in [6, 6.07) is 7.82.